The minimum absolute atomic E-state index is 0.131. The Morgan fingerprint density at radius 1 is 1.27 bits per heavy atom. The fourth-order valence-corrected chi connectivity index (χ4v) is 1.63. The van der Waals surface area contributed by atoms with Gasteiger partial charge in [0.2, 0.25) is 0 Å². The van der Waals surface area contributed by atoms with Crippen molar-refractivity contribution < 1.29 is 10.2 Å². The molecule has 3 heteroatoms. The molecule has 1 unspecified atom stereocenters. The standard InChI is InChI=1S/C12H17NO2/c14-8-10(7-13-11-3-4-11)9-1-5-12(15)6-2-9/h1-2,5-6,10-11,13-15H,3-4,7-8H2. The Labute approximate surface area is 89.8 Å². The van der Waals surface area contributed by atoms with E-state index in [1.165, 1.54) is 12.8 Å². The van der Waals surface area contributed by atoms with Crippen LogP contribution in [-0.4, -0.2) is 29.4 Å². The first kappa shape index (κ1) is 10.5. The number of aliphatic hydroxyl groups excluding tert-OH is 1. The summed E-state index contributed by atoms with van der Waals surface area (Å²) in [6.07, 6.45) is 2.52. The molecule has 3 nitrogen and oxygen atoms in total. The summed E-state index contributed by atoms with van der Waals surface area (Å²) in [5, 5.41) is 21.8. The number of aromatic hydroxyl groups is 1. The minimum atomic E-state index is 0.131. The van der Waals surface area contributed by atoms with E-state index in [1.54, 1.807) is 12.1 Å². The third-order valence-corrected chi connectivity index (χ3v) is 2.82. The number of nitrogens with one attached hydrogen (secondary N) is 1. The van der Waals surface area contributed by atoms with Gasteiger partial charge in [0, 0.05) is 18.5 Å². The zero-order chi connectivity index (χ0) is 10.7. The van der Waals surface area contributed by atoms with Gasteiger partial charge in [-0.05, 0) is 30.5 Å². The molecule has 1 saturated carbocycles. The molecule has 1 aliphatic carbocycles. The van der Waals surface area contributed by atoms with E-state index in [0.29, 0.717) is 6.04 Å². The first-order valence-electron chi connectivity index (χ1n) is 5.43. The van der Waals surface area contributed by atoms with Crippen LogP contribution in [0.15, 0.2) is 24.3 Å². The highest BCUT2D eigenvalue weighted by Gasteiger charge is 2.22. The minimum Gasteiger partial charge on any atom is -0.508 e. The van der Waals surface area contributed by atoms with Crippen LogP contribution >= 0.6 is 0 Å². The van der Waals surface area contributed by atoms with Crippen molar-refractivity contribution in [2.24, 2.45) is 0 Å². The van der Waals surface area contributed by atoms with Gasteiger partial charge in [0.05, 0.1) is 6.61 Å². The van der Waals surface area contributed by atoms with E-state index in [-0.39, 0.29) is 18.3 Å². The first-order valence-corrected chi connectivity index (χ1v) is 5.43. The van der Waals surface area contributed by atoms with Crippen molar-refractivity contribution in [3.63, 3.8) is 0 Å². The SMILES string of the molecule is OCC(CNC1CC1)c1ccc(O)cc1. The van der Waals surface area contributed by atoms with Crippen LogP contribution in [0.5, 0.6) is 5.75 Å². The summed E-state index contributed by atoms with van der Waals surface area (Å²) in [5.74, 6) is 0.400. The highest BCUT2D eigenvalue weighted by Crippen LogP contribution is 2.22. The van der Waals surface area contributed by atoms with E-state index in [9.17, 15) is 5.11 Å². The van der Waals surface area contributed by atoms with E-state index < -0.39 is 0 Å². The van der Waals surface area contributed by atoms with E-state index >= 15 is 0 Å². The number of benzene rings is 1. The second-order valence-electron chi connectivity index (χ2n) is 4.15. The molecule has 1 aliphatic rings. The van der Waals surface area contributed by atoms with Gasteiger partial charge < -0.3 is 15.5 Å². The van der Waals surface area contributed by atoms with Crippen molar-refractivity contribution in [3.05, 3.63) is 29.8 Å². The van der Waals surface area contributed by atoms with Crippen LogP contribution in [0.3, 0.4) is 0 Å². The van der Waals surface area contributed by atoms with Gasteiger partial charge in [0.1, 0.15) is 5.75 Å². The molecule has 2 rings (SSSR count). The predicted molar refractivity (Wildman–Crippen MR) is 59.0 cm³/mol. The second-order valence-corrected chi connectivity index (χ2v) is 4.15. The Kier molecular flexibility index (Phi) is 3.23. The lowest BCUT2D eigenvalue weighted by atomic mass is 10.00. The average molecular weight is 207 g/mol. The fourth-order valence-electron chi connectivity index (χ4n) is 1.63. The smallest absolute Gasteiger partial charge is 0.115 e. The fraction of sp³-hybridized carbons (Fsp3) is 0.500. The molecule has 82 valence electrons. The first-order chi connectivity index (χ1) is 7.29. The molecule has 0 saturated heterocycles. The zero-order valence-electron chi connectivity index (χ0n) is 8.69. The van der Waals surface area contributed by atoms with Gasteiger partial charge in [0.25, 0.3) is 0 Å². The molecule has 0 spiro atoms. The number of aliphatic hydroxyl groups is 1. The third-order valence-electron chi connectivity index (χ3n) is 2.82. The quantitative estimate of drug-likeness (QED) is 0.680. The van der Waals surface area contributed by atoms with Crippen molar-refractivity contribution in [1.29, 1.82) is 0 Å². The largest absolute Gasteiger partial charge is 0.508 e. The normalized spacial score (nSPS) is 17.7. The Morgan fingerprint density at radius 3 is 2.47 bits per heavy atom. The third kappa shape index (κ3) is 2.94. The van der Waals surface area contributed by atoms with Gasteiger partial charge in [-0.15, -0.1) is 0 Å². The summed E-state index contributed by atoms with van der Waals surface area (Å²) >= 11 is 0. The van der Waals surface area contributed by atoms with Crippen molar-refractivity contribution in [3.8, 4) is 5.75 Å². The summed E-state index contributed by atoms with van der Waals surface area (Å²) in [5.41, 5.74) is 1.07. The van der Waals surface area contributed by atoms with Crippen molar-refractivity contribution in [2.45, 2.75) is 24.8 Å². The van der Waals surface area contributed by atoms with Crippen LogP contribution in [0.4, 0.5) is 0 Å². The Bertz CT molecular complexity index is 306. The predicted octanol–water partition coefficient (Wildman–Crippen LogP) is 1.22. The van der Waals surface area contributed by atoms with Crippen molar-refractivity contribution >= 4 is 0 Å². The van der Waals surface area contributed by atoms with Gasteiger partial charge >= 0.3 is 0 Å². The zero-order valence-corrected chi connectivity index (χ0v) is 8.69. The second kappa shape index (κ2) is 4.64. The number of phenols is 1. The molecule has 1 fully saturated rings. The van der Waals surface area contributed by atoms with Gasteiger partial charge in [-0.3, -0.25) is 0 Å². The van der Waals surface area contributed by atoms with Gasteiger partial charge in [-0.1, -0.05) is 12.1 Å². The summed E-state index contributed by atoms with van der Waals surface area (Å²) in [4.78, 5) is 0. The van der Waals surface area contributed by atoms with Gasteiger partial charge in [-0.2, -0.15) is 0 Å². The van der Waals surface area contributed by atoms with Crippen LogP contribution in [0.1, 0.15) is 24.3 Å². The molecule has 0 bridgehead atoms. The lowest BCUT2D eigenvalue weighted by molar-refractivity contribution is 0.261. The van der Waals surface area contributed by atoms with Crippen LogP contribution in [0.2, 0.25) is 0 Å². The lowest BCUT2D eigenvalue weighted by Crippen LogP contribution is -2.25. The average Bonchev–Trinajstić information content (AvgIpc) is 3.05. The van der Waals surface area contributed by atoms with E-state index in [2.05, 4.69) is 5.32 Å². The molecule has 1 aromatic carbocycles. The summed E-state index contributed by atoms with van der Waals surface area (Å²) in [7, 11) is 0. The Hall–Kier alpha value is -1.06. The summed E-state index contributed by atoms with van der Waals surface area (Å²) in [6, 6.07) is 7.72. The molecule has 0 aliphatic heterocycles. The summed E-state index contributed by atoms with van der Waals surface area (Å²) < 4.78 is 0. The maximum absolute atomic E-state index is 9.28. The van der Waals surface area contributed by atoms with E-state index in [4.69, 9.17) is 5.11 Å². The highest BCUT2D eigenvalue weighted by molar-refractivity contribution is 5.28. The highest BCUT2D eigenvalue weighted by atomic mass is 16.3. The molecule has 15 heavy (non-hydrogen) atoms. The number of phenolic OH excluding ortho intramolecular Hbond substituents is 1. The van der Waals surface area contributed by atoms with E-state index in [1.807, 2.05) is 12.1 Å². The number of hydrogen-bond donors (Lipinski definition) is 3. The van der Waals surface area contributed by atoms with Gasteiger partial charge in [-0.25, -0.2) is 0 Å². The van der Waals surface area contributed by atoms with Crippen molar-refractivity contribution in [2.75, 3.05) is 13.2 Å². The van der Waals surface area contributed by atoms with Crippen LogP contribution in [0.25, 0.3) is 0 Å². The molecular formula is C12H17NO2. The number of rotatable bonds is 5. The molecule has 3 N–H and O–H groups in total. The molecule has 1 atom stereocenters. The molecule has 0 radical (unpaired) electrons. The number of hydrogen-bond acceptors (Lipinski definition) is 3. The Morgan fingerprint density at radius 2 is 1.93 bits per heavy atom. The molecular weight excluding hydrogens is 190 g/mol. The molecule has 0 heterocycles. The molecule has 0 amide bonds. The monoisotopic (exact) mass is 207 g/mol. The van der Waals surface area contributed by atoms with Gasteiger partial charge in [0.15, 0.2) is 0 Å². The molecule has 1 aromatic rings. The maximum atomic E-state index is 9.28. The van der Waals surface area contributed by atoms with Crippen LogP contribution < -0.4 is 5.32 Å². The lowest BCUT2D eigenvalue weighted by Gasteiger charge is -2.15. The van der Waals surface area contributed by atoms with Crippen LogP contribution in [0, 0.1) is 0 Å². The molecule has 0 aromatic heterocycles. The van der Waals surface area contributed by atoms with E-state index in [0.717, 1.165) is 12.1 Å². The maximum Gasteiger partial charge on any atom is 0.115 e. The van der Waals surface area contributed by atoms with Crippen molar-refractivity contribution in [1.82, 2.24) is 5.32 Å². The topological polar surface area (TPSA) is 52.5 Å². The Balaban J connectivity index is 1.94. The van der Waals surface area contributed by atoms with Crippen LogP contribution in [-0.2, 0) is 0 Å². The summed E-state index contributed by atoms with van der Waals surface area (Å²) in [6.45, 7) is 0.955.